The lowest BCUT2D eigenvalue weighted by atomic mass is 10.0. The summed E-state index contributed by atoms with van der Waals surface area (Å²) in [5, 5.41) is 0.319. The van der Waals surface area contributed by atoms with Crippen LogP contribution in [0.5, 0.6) is 0 Å². The van der Waals surface area contributed by atoms with E-state index in [0.717, 1.165) is 6.42 Å². The number of hydrogen-bond donors (Lipinski definition) is 0. The average molecular weight is 227 g/mol. The zero-order chi connectivity index (χ0) is 11.2. The first-order valence-corrected chi connectivity index (χ1v) is 5.29. The maximum Gasteiger partial charge on any atom is 0.169 e. The molecular formula is C12H12ClFO. The maximum atomic E-state index is 13.4. The molecule has 0 saturated heterocycles. The van der Waals surface area contributed by atoms with Gasteiger partial charge in [0.1, 0.15) is 5.82 Å². The first-order chi connectivity index (χ1) is 6.92. The van der Waals surface area contributed by atoms with Gasteiger partial charge >= 0.3 is 0 Å². The summed E-state index contributed by atoms with van der Waals surface area (Å²) in [7, 11) is 0. The van der Waals surface area contributed by atoms with E-state index in [1.54, 1.807) is 6.07 Å². The fourth-order valence-electron chi connectivity index (χ4n) is 1.79. The van der Waals surface area contributed by atoms with Crippen molar-refractivity contribution in [3.05, 3.63) is 34.6 Å². The molecule has 1 aromatic carbocycles. The van der Waals surface area contributed by atoms with Gasteiger partial charge in [-0.05, 0) is 30.0 Å². The third-order valence-corrected chi connectivity index (χ3v) is 3.26. The molecule has 1 atom stereocenters. The highest BCUT2D eigenvalue weighted by Crippen LogP contribution is 2.53. The van der Waals surface area contributed by atoms with E-state index in [0.29, 0.717) is 5.02 Å². The predicted molar refractivity (Wildman–Crippen MR) is 57.6 cm³/mol. The molecule has 15 heavy (non-hydrogen) atoms. The Bertz CT molecular complexity index is 426. The second kappa shape index (κ2) is 3.31. The summed E-state index contributed by atoms with van der Waals surface area (Å²) in [5.74, 6) is -0.655. The van der Waals surface area contributed by atoms with Crippen molar-refractivity contribution in [1.29, 1.82) is 0 Å². The van der Waals surface area contributed by atoms with Crippen LogP contribution in [0.2, 0.25) is 5.02 Å². The molecule has 1 fully saturated rings. The Kier molecular flexibility index (Phi) is 2.34. The molecule has 80 valence electrons. The Morgan fingerprint density at radius 3 is 2.60 bits per heavy atom. The lowest BCUT2D eigenvalue weighted by Crippen LogP contribution is -2.08. The summed E-state index contributed by atoms with van der Waals surface area (Å²) in [6.07, 6.45) is 0.841. The van der Waals surface area contributed by atoms with Gasteiger partial charge in [-0.1, -0.05) is 25.4 Å². The number of halogens is 2. The van der Waals surface area contributed by atoms with Crippen LogP contribution in [-0.4, -0.2) is 5.78 Å². The minimum atomic E-state index is -0.518. The third-order valence-electron chi connectivity index (χ3n) is 3.03. The van der Waals surface area contributed by atoms with Crippen molar-refractivity contribution in [2.45, 2.75) is 20.3 Å². The molecule has 1 aliphatic rings. The van der Waals surface area contributed by atoms with Gasteiger partial charge in [0.25, 0.3) is 0 Å². The molecule has 0 amide bonds. The number of carbonyl (C=O) groups excluding carboxylic acids is 1. The number of Topliss-reactive ketones (excluding diaryl/α,β-unsaturated/α-hetero) is 1. The largest absolute Gasteiger partial charge is 0.294 e. The van der Waals surface area contributed by atoms with E-state index < -0.39 is 5.82 Å². The van der Waals surface area contributed by atoms with Gasteiger partial charge in [-0.15, -0.1) is 0 Å². The molecule has 0 heterocycles. The van der Waals surface area contributed by atoms with Crippen LogP contribution in [-0.2, 0) is 0 Å². The summed E-state index contributed by atoms with van der Waals surface area (Å²) in [5.41, 5.74) is 0.193. The second-order valence-electron chi connectivity index (χ2n) is 4.73. The molecule has 0 bridgehead atoms. The number of hydrogen-bond acceptors (Lipinski definition) is 1. The van der Waals surface area contributed by atoms with E-state index in [1.165, 1.54) is 12.1 Å². The highest BCUT2D eigenvalue weighted by Gasteiger charge is 2.50. The van der Waals surface area contributed by atoms with E-state index in [2.05, 4.69) is 0 Å². The monoisotopic (exact) mass is 226 g/mol. The standard InChI is InChI=1S/C12H12ClFO/c1-12(2)6-9(12)11(15)8-4-3-7(13)5-10(8)14/h3-5,9H,6H2,1-2H3. The number of carbonyl (C=O) groups is 1. The molecule has 1 aliphatic carbocycles. The van der Waals surface area contributed by atoms with E-state index in [-0.39, 0.29) is 22.7 Å². The topological polar surface area (TPSA) is 17.1 Å². The Morgan fingerprint density at radius 1 is 1.53 bits per heavy atom. The SMILES string of the molecule is CC1(C)CC1C(=O)c1ccc(Cl)cc1F. The number of benzene rings is 1. The van der Waals surface area contributed by atoms with Gasteiger partial charge in [-0.3, -0.25) is 4.79 Å². The molecule has 0 aliphatic heterocycles. The molecular weight excluding hydrogens is 215 g/mol. The van der Waals surface area contributed by atoms with Crippen LogP contribution in [0.3, 0.4) is 0 Å². The zero-order valence-electron chi connectivity index (χ0n) is 8.68. The smallest absolute Gasteiger partial charge is 0.169 e. The molecule has 1 nitrogen and oxygen atoms in total. The van der Waals surface area contributed by atoms with Gasteiger partial charge < -0.3 is 0 Å². The molecule has 2 rings (SSSR count). The van der Waals surface area contributed by atoms with Crippen LogP contribution in [0.25, 0.3) is 0 Å². The van der Waals surface area contributed by atoms with Crippen molar-refractivity contribution < 1.29 is 9.18 Å². The van der Waals surface area contributed by atoms with Crippen LogP contribution in [0.15, 0.2) is 18.2 Å². The summed E-state index contributed by atoms with van der Waals surface area (Å²) >= 11 is 5.62. The van der Waals surface area contributed by atoms with Gasteiger partial charge in [0.05, 0.1) is 5.56 Å². The Labute approximate surface area is 93.2 Å². The molecule has 1 aromatic rings. The van der Waals surface area contributed by atoms with Gasteiger partial charge in [-0.25, -0.2) is 4.39 Å². The lowest BCUT2D eigenvalue weighted by Gasteiger charge is -2.04. The Balaban J connectivity index is 2.27. The lowest BCUT2D eigenvalue weighted by molar-refractivity contribution is 0.0949. The fraction of sp³-hybridized carbons (Fsp3) is 0.417. The van der Waals surface area contributed by atoms with Crippen molar-refractivity contribution in [3.63, 3.8) is 0 Å². The average Bonchev–Trinajstić information content (AvgIpc) is 2.74. The molecule has 3 heteroatoms. The van der Waals surface area contributed by atoms with Crippen molar-refractivity contribution in [2.75, 3.05) is 0 Å². The predicted octanol–water partition coefficient (Wildman–Crippen LogP) is 3.71. The van der Waals surface area contributed by atoms with Crippen LogP contribution >= 0.6 is 11.6 Å². The van der Waals surface area contributed by atoms with Crippen molar-refractivity contribution in [2.24, 2.45) is 11.3 Å². The van der Waals surface area contributed by atoms with E-state index in [4.69, 9.17) is 11.6 Å². The van der Waals surface area contributed by atoms with Crippen LogP contribution < -0.4 is 0 Å². The minimum absolute atomic E-state index is 0.0309. The van der Waals surface area contributed by atoms with E-state index in [1.807, 2.05) is 13.8 Å². The quantitative estimate of drug-likeness (QED) is 0.703. The van der Waals surface area contributed by atoms with Crippen LogP contribution in [0.1, 0.15) is 30.6 Å². The normalized spacial score (nSPS) is 22.5. The van der Waals surface area contributed by atoms with E-state index >= 15 is 0 Å². The van der Waals surface area contributed by atoms with Crippen molar-refractivity contribution >= 4 is 17.4 Å². The summed E-state index contributed by atoms with van der Waals surface area (Å²) in [6, 6.07) is 4.20. The molecule has 1 saturated carbocycles. The van der Waals surface area contributed by atoms with Crippen molar-refractivity contribution in [1.82, 2.24) is 0 Å². The summed E-state index contributed by atoms with van der Waals surface area (Å²) in [4.78, 5) is 11.9. The Morgan fingerprint density at radius 2 is 2.13 bits per heavy atom. The van der Waals surface area contributed by atoms with E-state index in [9.17, 15) is 9.18 Å². The van der Waals surface area contributed by atoms with Crippen molar-refractivity contribution in [3.8, 4) is 0 Å². The summed E-state index contributed by atoms with van der Waals surface area (Å²) < 4.78 is 13.4. The molecule has 0 aromatic heterocycles. The minimum Gasteiger partial charge on any atom is -0.294 e. The number of rotatable bonds is 2. The first-order valence-electron chi connectivity index (χ1n) is 4.91. The first kappa shape index (κ1) is 10.6. The Hall–Kier alpha value is -0.890. The molecule has 1 unspecified atom stereocenters. The van der Waals surface area contributed by atoms with Crippen LogP contribution in [0.4, 0.5) is 4.39 Å². The fourth-order valence-corrected chi connectivity index (χ4v) is 1.95. The zero-order valence-corrected chi connectivity index (χ0v) is 9.44. The third kappa shape index (κ3) is 1.91. The molecule has 0 N–H and O–H groups in total. The molecule has 0 spiro atoms. The molecule has 0 radical (unpaired) electrons. The van der Waals surface area contributed by atoms with Gasteiger partial charge in [0, 0.05) is 10.9 Å². The highest BCUT2D eigenvalue weighted by molar-refractivity contribution is 6.30. The van der Waals surface area contributed by atoms with Gasteiger partial charge in [-0.2, -0.15) is 0 Å². The summed E-state index contributed by atoms with van der Waals surface area (Å²) in [6.45, 7) is 4.03. The van der Waals surface area contributed by atoms with Crippen LogP contribution in [0, 0.1) is 17.2 Å². The van der Waals surface area contributed by atoms with Gasteiger partial charge in [0.2, 0.25) is 0 Å². The second-order valence-corrected chi connectivity index (χ2v) is 5.17. The highest BCUT2D eigenvalue weighted by atomic mass is 35.5. The number of ketones is 1. The maximum absolute atomic E-state index is 13.4. The van der Waals surface area contributed by atoms with Gasteiger partial charge in [0.15, 0.2) is 5.78 Å².